The number of halogens is 1. The number of piperidine rings is 1. The van der Waals surface area contributed by atoms with E-state index in [1.165, 1.54) is 24.9 Å². The molecule has 2 nitrogen and oxygen atoms in total. The topological polar surface area (TPSA) is 29.3 Å². The average molecular weight is 239 g/mol. The summed E-state index contributed by atoms with van der Waals surface area (Å²) in [5.41, 5.74) is 7.07. The fraction of sp³-hybridized carbons (Fsp3) is 0.538. The summed E-state index contributed by atoms with van der Waals surface area (Å²) in [5, 5.41) is 0.808. The first-order chi connectivity index (χ1) is 7.78. The van der Waals surface area contributed by atoms with Gasteiger partial charge in [-0.2, -0.15) is 0 Å². The van der Waals surface area contributed by atoms with Gasteiger partial charge in [0.05, 0.1) is 0 Å². The molecule has 1 saturated heterocycles. The van der Waals surface area contributed by atoms with Gasteiger partial charge in [0.15, 0.2) is 0 Å². The van der Waals surface area contributed by atoms with E-state index in [0.29, 0.717) is 5.92 Å². The van der Waals surface area contributed by atoms with Gasteiger partial charge in [0.25, 0.3) is 0 Å². The van der Waals surface area contributed by atoms with Crippen molar-refractivity contribution < 1.29 is 0 Å². The van der Waals surface area contributed by atoms with Gasteiger partial charge in [-0.3, -0.25) is 4.90 Å². The lowest BCUT2D eigenvalue weighted by atomic mass is 9.98. The summed E-state index contributed by atoms with van der Waals surface area (Å²) in [5.74, 6) is 0.682. The quantitative estimate of drug-likeness (QED) is 0.877. The Bertz CT molecular complexity index is 323. The predicted octanol–water partition coefficient (Wildman–Crippen LogP) is 2.51. The summed E-state index contributed by atoms with van der Waals surface area (Å²) in [6.07, 6.45) is 2.56. The van der Waals surface area contributed by atoms with E-state index in [9.17, 15) is 0 Å². The molecule has 1 aliphatic heterocycles. The zero-order chi connectivity index (χ0) is 11.4. The van der Waals surface area contributed by atoms with Crippen LogP contribution in [-0.4, -0.2) is 24.5 Å². The van der Waals surface area contributed by atoms with Crippen molar-refractivity contribution in [3.63, 3.8) is 0 Å². The maximum Gasteiger partial charge on any atom is 0.0406 e. The summed E-state index contributed by atoms with van der Waals surface area (Å²) in [4.78, 5) is 2.49. The van der Waals surface area contributed by atoms with E-state index in [1.807, 2.05) is 12.1 Å². The lowest BCUT2D eigenvalue weighted by Crippen LogP contribution is -2.37. The van der Waals surface area contributed by atoms with Crippen LogP contribution in [0.15, 0.2) is 24.3 Å². The molecule has 0 aliphatic carbocycles. The van der Waals surface area contributed by atoms with Crippen LogP contribution in [0.4, 0.5) is 0 Å². The highest BCUT2D eigenvalue weighted by Gasteiger charge is 2.18. The van der Waals surface area contributed by atoms with Crippen molar-refractivity contribution in [2.75, 3.05) is 19.6 Å². The molecule has 0 radical (unpaired) electrons. The highest BCUT2D eigenvalue weighted by molar-refractivity contribution is 6.30. The molecule has 88 valence electrons. The molecule has 0 saturated carbocycles. The fourth-order valence-corrected chi connectivity index (χ4v) is 2.46. The maximum absolute atomic E-state index is 5.87. The van der Waals surface area contributed by atoms with E-state index >= 15 is 0 Å². The Morgan fingerprint density at radius 2 is 2.06 bits per heavy atom. The number of nitrogens with two attached hydrogens (primary N) is 1. The van der Waals surface area contributed by atoms with Gasteiger partial charge in [-0.15, -0.1) is 0 Å². The monoisotopic (exact) mass is 238 g/mol. The van der Waals surface area contributed by atoms with Crippen LogP contribution in [0, 0.1) is 5.92 Å². The maximum atomic E-state index is 5.87. The second kappa shape index (κ2) is 5.67. The largest absolute Gasteiger partial charge is 0.330 e. The van der Waals surface area contributed by atoms with Crippen LogP contribution in [0.25, 0.3) is 0 Å². The van der Waals surface area contributed by atoms with Crippen molar-refractivity contribution in [2.45, 2.75) is 19.4 Å². The molecule has 0 aromatic heterocycles. The molecule has 1 fully saturated rings. The fourth-order valence-electron chi connectivity index (χ4n) is 2.34. The normalized spacial score (nSPS) is 22.2. The van der Waals surface area contributed by atoms with E-state index in [0.717, 1.165) is 24.7 Å². The van der Waals surface area contributed by atoms with E-state index in [2.05, 4.69) is 17.0 Å². The first-order valence-electron chi connectivity index (χ1n) is 5.95. The van der Waals surface area contributed by atoms with Gasteiger partial charge in [-0.1, -0.05) is 23.7 Å². The number of hydrogen-bond donors (Lipinski definition) is 1. The Kier molecular flexibility index (Phi) is 4.22. The van der Waals surface area contributed by atoms with E-state index in [4.69, 9.17) is 17.3 Å². The number of hydrogen-bond acceptors (Lipinski definition) is 2. The molecule has 1 aliphatic rings. The highest BCUT2D eigenvalue weighted by atomic mass is 35.5. The third-order valence-corrected chi connectivity index (χ3v) is 3.51. The van der Waals surface area contributed by atoms with Crippen molar-refractivity contribution in [3.8, 4) is 0 Å². The Morgan fingerprint density at radius 3 is 2.75 bits per heavy atom. The van der Waals surface area contributed by atoms with Crippen molar-refractivity contribution >= 4 is 11.6 Å². The van der Waals surface area contributed by atoms with Crippen LogP contribution in [0.5, 0.6) is 0 Å². The minimum absolute atomic E-state index is 0.682. The van der Waals surface area contributed by atoms with Crippen molar-refractivity contribution in [1.29, 1.82) is 0 Å². The lowest BCUT2D eigenvalue weighted by Gasteiger charge is -2.32. The number of nitrogens with zero attached hydrogens (tertiary/aromatic N) is 1. The van der Waals surface area contributed by atoms with Gasteiger partial charge in [0.1, 0.15) is 0 Å². The van der Waals surface area contributed by atoms with Gasteiger partial charge in [0.2, 0.25) is 0 Å². The third-order valence-electron chi connectivity index (χ3n) is 3.26. The summed E-state index contributed by atoms with van der Waals surface area (Å²) >= 11 is 5.87. The van der Waals surface area contributed by atoms with Crippen molar-refractivity contribution in [2.24, 2.45) is 11.7 Å². The van der Waals surface area contributed by atoms with Crippen LogP contribution in [0.3, 0.4) is 0 Å². The van der Waals surface area contributed by atoms with Gasteiger partial charge >= 0.3 is 0 Å². The van der Waals surface area contributed by atoms with E-state index in [-0.39, 0.29) is 0 Å². The molecule has 1 atom stereocenters. The van der Waals surface area contributed by atoms with Crippen LogP contribution in [0.2, 0.25) is 5.02 Å². The van der Waals surface area contributed by atoms with Gasteiger partial charge in [0, 0.05) is 18.1 Å². The summed E-state index contributed by atoms with van der Waals surface area (Å²) < 4.78 is 0. The molecular weight excluding hydrogens is 220 g/mol. The summed E-state index contributed by atoms with van der Waals surface area (Å²) in [6, 6.07) is 8.13. The van der Waals surface area contributed by atoms with Crippen LogP contribution < -0.4 is 5.73 Å². The van der Waals surface area contributed by atoms with Crippen LogP contribution >= 0.6 is 11.6 Å². The first-order valence-corrected chi connectivity index (χ1v) is 6.32. The van der Waals surface area contributed by atoms with Crippen LogP contribution in [-0.2, 0) is 6.54 Å². The molecule has 1 heterocycles. The molecule has 1 aromatic carbocycles. The number of rotatable bonds is 3. The molecule has 3 heteroatoms. The molecule has 0 unspecified atom stereocenters. The zero-order valence-electron chi connectivity index (χ0n) is 9.53. The SMILES string of the molecule is NC[C@H]1CCCN(Cc2ccc(Cl)cc2)C1. The summed E-state index contributed by atoms with van der Waals surface area (Å²) in [6.45, 7) is 4.17. The number of benzene rings is 1. The molecule has 1 aromatic rings. The average Bonchev–Trinajstić information content (AvgIpc) is 2.32. The number of likely N-dealkylation sites (tertiary alicyclic amines) is 1. The molecule has 0 bridgehead atoms. The predicted molar refractivity (Wildman–Crippen MR) is 68.5 cm³/mol. The van der Waals surface area contributed by atoms with Gasteiger partial charge < -0.3 is 5.73 Å². The molecule has 16 heavy (non-hydrogen) atoms. The van der Waals surface area contributed by atoms with Crippen molar-refractivity contribution in [1.82, 2.24) is 4.90 Å². The second-order valence-corrected chi connectivity index (χ2v) is 5.04. The molecule has 2 N–H and O–H groups in total. The minimum atomic E-state index is 0.682. The van der Waals surface area contributed by atoms with Crippen LogP contribution in [0.1, 0.15) is 18.4 Å². The van der Waals surface area contributed by atoms with E-state index in [1.54, 1.807) is 0 Å². The minimum Gasteiger partial charge on any atom is -0.330 e. The highest BCUT2D eigenvalue weighted by Crippen LogP contribution is 2.18. The third kappa shape index (κ3) is 3.21. The second-order valence-electron chi connectivity index (χ2n) is 4.61. The Hall–Kier alpha value is -0.570. The first kappa shape index (κ1) is 11.9. The standard InChI is InChI=1S/C13H19ClN2/c14-13-5-3-11(4-6-13)9-16-7-1-2-12(8-15)10-16/h3-6,12H,1-2,7-10,15H2/t12-/m1/s1. The molecule has 2 rings (SSSR count). The lowest BCUT2D eigenvalue weighted by molar-refractivity contribution is 0.171. The Morgan fingerprint density at radius 1 is 1.31 bits per heavy atom. The molecule has 0 spiro atoms. The zero-order valence-corrected chi connectivity index (χ0v) is 10.3. The Labute approximate surface area is 102 Å². The van der Waals surface area contributed by atoms with Crippen molar-refractivity contribution in [3.05, 3.63) is 34.9 Å². The summed E-state index contributed by atoms with van der Waals surface area (Å²) in [7, 11) is 0. The smallest absolute Gasteiger partial charge is 0.0406 e. The van der Waals surface area contributed by atoms with Gasteiger partial charge in [-0.05, 0) is 49.5 Å². The Balaban J connectivity index is 1.91. The molecular formula is C13H19ClN2. The van der Waals surface area contributed by atoms with Gasteiger partial charge in [-0.25, -0.2) is 0 Å². The molecule has 0 amide bonds. The van der Waals surface area contributed by atoms with E-state index < -0.39 is 0 Å².